The number of aromatic hydroxyl groups is 2. The first-order valence-electron chi connectivity index (χ1n) is 19.0. The molecule has 1 aliphatic rings. The molecule has 0 heterocycles. The first-order chi connectivity index (χ1) is 26.5. The van der Waals surface area contributed by atoms with Crippen LogP contribution in [0.3, 0.4) is 0 Å². The van der Waals surface area contributed by atoms with Crippen LogP contribution < -0.4 is 0 Å². The van der Waals surface area contributed by atoms with Gasteiger partial charge in [-0.25, -0.2) is 0 Å². The van der Waals surface area contributed by atoms with Crippen molar-refractivity contribution in [1.29, 1.82) is 0 Å². The Morgan fingerprint density at radius 2 is 0.800 bits per heavy atom. The summed E-state index contributed by atoms with van der Waals surface area (Å²) >= 11 is 0. The third-order valence-electron chi connectivity index (χ3n) is 11.4. The summed E-state index contributed by atoms with van der Waals surface area (Å²) in [5.74, 6) is 0.482. The molecule has 9 rings (SSSR count). The maximum Gasteiger partial charge on any atom is 0.132 e. The van der Waals surface area contributed by atoms with Crippen molar-refractivity contribution < 1.29 is 27.0 Å². The van der Waals surface area contributed by atoms with Gasteiger partial charge < -0.3 is 10.2 Å². The summed E-state index contributed by atoms with van der Waals surface area (Å²) in [6, 6.07) is 45.8. The van der Waals surface area contributed by atoms with Crippen LogP contribution in [0.4, 0.5) is 0 Å². The van der Waals surface area contributed by atoms with E-state index in [0.29, 0.717) is 11.1 Å². The van der Waals surface area contributed by atoms with Gasteiger partial charge in [0.15, 0.2) is 0 Å². The van der Waals surface area contributed by atoms with Gasteiger partial charge in [0.25, 0.3) is 0 Å². The number of benzene rings is 8. The second kappa shape index (κ2) is 15.2. The number of nitrogens with zero attached hydrogens (tertiary/aromatic N) is 2. The second-order valence-corrected chi connectivity index (χ2v) is 14.8. The average Bonchev–Trinajstić information content (AvgIpc) is 3.20. The van der Waals surface area contributed by atoms with Crippen molar-refractivity contribution in [1.82, 2.24) is 0 Å². The number of aryl methyl sites for hydroxylation is 2. The van der Waals surface area contributed by atoms with Crippen molar-refractivity contribution in [2.75, 3.05) is 0 Å². The third kappa shape index (κ3) is 6.58. The fourth-order valence-electron chi connectivity index (χ4n) is 8.64. The van der Waals surface area contributed by atoms with Crippen LogP contribution in [-0.4, -0.2) is 34.7 Å². The van der Waals surface area contributed by atoms with Gasteiger partial charge in [-0.2, -0.15) is 0 Å². The van der Waals surface area contributed by atoms with Gasteiger partial charge in [-0.05, 0) is 104 Å². The van der Waals surface area contributed by atoms with Crippen molar-refractivity contribution in [3.05, 3.63) is 156 Å². The Morgan fingerprint density at radius 1 is 0.455 bits per heavy atom. The SMILES string of the molecule is Cc1ccc2ccccc2c1-c1c(O)c(C=N[C@@H]2CCCC[C@H]2N=Cc2cc3ccccc3c(-c3c(C)ccc4ccccc34)c2O)cc2ccccc12.[Co]. The van der Waals surface area contributed by atoms with Crippen molar-refractivity contribution in [3.8, 4) is 33.8 Å². The van der Waals surface area contributed by atoms with Crippen molar-refractivity contribution >= 4 is 55.5 Å². The first kappa shape index (κ1) is 36.2. The van der Waals surface area contributed by atoms with E-state index in [1.807, 2.05) is 48.8 Å². The molecular formula is C50H42CoN2O2. The molecule has 0 aliphatic heterocycles. The Morgan fingerprint density at radius 3 is 1.20 bits per heavy atom. The molecule has 2 N–H and O–H groups in total. The monoisotopic (exact) mass is 761 g/mol. The molecule has 8 aromatic rings. The molecule has 273 valence electrons. The largest absolute Gasteiger partial charge is 0.507 e. The zero-order chi connectivity index (χ0) is 36.8. The Bertz CT molecular complexity index is 2610. The van der Waals surface area contributed by atoms with Crippen LogP contribution in [0, 0.1) is 13.8 Å². The molecule has 55 heavy (non-hydrogen) atoms. The van der Waals surface area contributed by atoms with Crippen molar-refractivity contribution in [2.45, 2.75) is 51.6 Å². The van der Waals surface area contributed by atoms with Gasteiger partial charge >= 0.3 is 0 Å². The van der Waals surface area contributed by atoms with Crippen LogP contribution in [-0.2, 0) is 16.8 Å². The Balaban J connectivity index is 0.00000427. The van der Waals surface area contributed by atoms with E-state index in [1.54, 1.807) is 0 Å². The normalized spacial score (nSPS) is 16.1. The van der Waals surface area contributed by atoms with Gasteiger partial charge in [0.05, 0.1) is 12.1 Å². The third-order valence-corrected chi connectivity index (χ3v) is 11.4. The Labute approximate surface area is 332 Å². The smallest absolute Gasteiger partial charge is 0.132 e. The standard InChI is InChI=1S/C50H42N2O2.Co/c1-31-23-25-33-13-3-7-17-39(33)45(31)47-41-19-9-5-15-35(41)27-37(49(47)53)29-51-43-21-11-12-22-44(43)52-30-38-28-36-16-6-10-20-42(36)48(50(38)54)46-32(2)24-26-34-14-4-8-18-40(34)46;/h3-10,13-20,23-30,43-44,53-54H,11-12,21-22H2,1-2H3;/t43-,44-;/m1./s1. The summed E-state index contributed by atoms with van der Waals surface area (Å²) in [6.45, 7) is 4.22. The summed E-state index contributed by atoms with van der Waals surface area (Å²) in [6.07, 6.45) is 7.69. The first-order valence-corrected chi connectivity index (χ1v) is 19.0. The molecule has 0 unspecified atom stereocenters. The molecule has 8 aromatic carbocycles. The summed E-state index contributed by atoms with van der Waals surface area (Å²) in [5, 5.41) is 32.7. The van der Waals surface area contributed by atoms with Gasteiger partial charge in [0.1, 0.15) is 11.5 Å². The van der Waals surface area contributed by atoms with Crippen LogP contribution >= 0.6 is 0 Å². The number of hydrogen-bond donors (Lipinski definition) is 2. The Kier molecular flexibility index (Phi) is 10.00. The van der Waals surface area contributed by atoms with Gasteiger partial charge in [-0.3, -0.25) is 9.98 Å². The van der Waals surface area contributed by atoms with Crippen LogP contribution in [0.1, 0.15) is 47.9 Å². The average molecular weight is 762 g/mol. The van der Waals surface area contributed by atoms with Crippen LogP contribution in [0.2, 0.25) is 0 Å². The van der Waals surface area contributed by atoms with Crippen LogP contribution in [0.15, 0.2) is 143 Å². The van der Waals surface area contributed by atoms with E-state index in [4.69, 9.17) is 9.98 Å². The second-order valence-electron chi connectivity index (χ2n) is 14.8. The summed E-state index contributed by atoms with van der Waals surface area (Å²) in [7, 11) is 0. The maximum atomic E-state index is 12.0. The number of rotatable bonds is 6. The minimum absolute atomic E-state index is 0. The number of hydrogen-bond acceptors (Lipinski definition) is 4. The van der Waals surface area contributed by atoms with E-state index in [2.05, 4.69) is 111 Å². The predicted octanol–water partition coefficient (Wildman–Crippen LogP) is 12.5. The minimum atomic E-state index is -0.0500. The zero-order valence-electron chi connectivity index (χ0n) is 31.0. The van der Waals surface area contributed by atoms with Crippen molar-refractivity contribution in [2.24, 2.45) is 9.98 Å². The van der Waals surface area contributed by atoms with Crippen LogP contribution in [0.5, 0.6) is 11.5 Å². The summed E-state index contributed by atoms with van der Waals surface area (Å²) < 4.78 is 0. The van der Waals surface area contributed by atoms with E-state index < -0.39 is 0 Å². The van der Waals surface area contributed by atoms with Crippen molar-refractivity contribution in [3.63, 3.8) is 0 Å². The van der Waals surface area contributed by atoms with Gasteiger partial charge in [0, 0.05) is 51.5 Å². The molecule has 1 aliphatic carbocycles. The van der Waals surface area contributed by atoms with E-state index >= 15 is 0 Å². The fraction of sp³-hybridized carbons (Fsp3) is 0.160. The molecule has 2 atom stereocenters. The molecule has 0 amide bonds. The number of phenolic OH excluding ortho intramolecular Hbond substituents is 2. The Hall–Kier alpha value is -5.75. The van der Waals surface area contributed by atoms with E-state index in [-0.39, 0.29) is 40.4 Å². The predicted molar refractivity (Wildman–Crippen MR) is 228 cm³/mol. The van der Waals surface area contributed by atoms with Gasteiger partial charge in [-0.1, -0.05) is 134 Å². The van der Waals surface area contributed by atoms with E-state index in [1.165, 1.54) is 0 Å². The van der Waals surface area contributed by atoms with Gasteiger partial charge in [-0.15, -0.1) is 0 Å². The summed E-state index contributed by atoms with van der Waals surface area (Å²) in [5.41, 5.74) is 7.40. The van der Waals surface area contributed by atoms with E-state index in [0.717, 1.165) is 102 Å². The fourth-order valence-corrected chi connectivity index (χ4v) is 8.64. The molecule has 0 aromatic heterocycles. The molecule has 1 saturated carbocycles. The van der Waals surface area contributed by atoms with E-state index in [9.17, 15) is 10.2 Å². The topological polar surface area (TPSA) is 65.2 Å². The minimum Gasteiger partial charge on any atom is -0.507 e. The number of phenols is 2. The molecule has 0 saturated heterocycles. The molecule has 1 radical (unpaired) electrons. The van der Waals surface area contributed by atoms with Gasteiger partial charge in [0.2, 0.25) is 0 Å². The number of aliphatic imine (C=N–C) groups is 2. The molecule has 4 nitrogen and oxygen atoms in total. The summed E-state index contributed by atoms with van der Waals surface area (Å²) in [4.78, 5) is 10.3. The molecular weight excluding hydrogens is 719 g/mol. The zero-order valence-corrected chi connectivity index (χ0v) is 32.0. The van der Waals surface area contributed by atoms with Crippen LogP contribution in [0.25, 0.3) is 65.3 Å². The maximum absolute atomic E-state index is 12.0. The number of fused-ring (bicyclic) bond motifs is 4. The molecule has 0 bridgehead atoms. The molecule has 1 fully saturated rings. The quantitative estimate of drug-likeness (QED) is 0.166. The molecule has 5 heteroatoms. The molecule has 0 spiro atoms.